The van der Waals surface area contributed by atoms with Crippen LogP contribution in [-0.4, -0.2) is 62.2 Å². The minimum Gasteiger partial charge on any atom is -0.338 e. The van der Waals surface area contributed by atoms with Gasteiger partial charge in [0.15, 0.2) is 0 Å². The van der Waals surface area contributed by atoms with E-state index in [1.165, 1.54) is 12.1 Å². The summed E-state index contributed by atoms with van der Waals surface area (Å²) in [6.45, 7) is 5.48. The monoisotopic (exact) mass is 379 g/mol. The molecule has 7 nitrogen and oxygen atoms in total. The Morgan fingerprint density at radius 1 is 1.35 bits per heavy atom. The molecule has 8 heteroatoms. The minimum absolute atomic E-state index is 0.0640. The van der Waals surface area contributed by atoms with Crippen LogP contribution in [-0.2, 0) is 10.0 Å². The lowest BCUT2D eigenvalue weighted by Gasteiger charge is -2.32. The van der Waals surface area contributed by atoms with Crippen molar-refractivity contribution in [1.29, 1.82) is 0 Å². The topological polar surface area (TPSA) is 86.8 Å². The summed E-state index contributed by atoms with van der Waals surface area (Å²) in [4.78, 5) is 27.0. The van der Waals surface area contributed by atoms with Crippen LogP contribution < -0.4 is 5.32 Å². The molecule has 2 aliphatic rings. The van der Waals surface area contributed by atoms with Gasteiger partial charge in [-0.25, -0.2) is 12.7 Å². The molecule has 1 aromatic carbocycles. The number of hydrogen-bond acceptors (Lipinski definition) is 5. The number of piperidine rings is 1. The first-order valence-corrected chi connectivity index (χ1v) is 10.4. The third-order valence-corrected chi connectivity index (χ3v) is 6.96. The van der Waals surface area contributed by atoms with Gasteiger partial charge in [0.2, 0.25) is 0 Å². The van der Waals surface area contributed by atoms with Crippen LogP contribution in [0.2, 0.25) is 0 Å². The highest BCUT2D eigenvalue weighted by Gasteiger charge is 2.43. The highest BCUT2D eigenvalue weighted by molar-refractivity contribution is 7.90. The average Bonchev–Trinajstić information content (AvgIpc) is 2.80. The summed E-state index contributed by atoms with van der Waals surface area (Å²) < 4.78 is 26.3. The van der Waals surface area contributed by atoms with Crippen molar-refractivity contribution in [2.75, 3.05) is 26.7 Å². The van der Waals surface area contributed by atoms with Gasteiger partial charge in [0.1, 0.15) is 4.90 Å². The lowest BCUT2D eigenvalue weighted by atomic mass is 9.97. The summed E-state index contributed by atoms with van der Waals surface area (Å²) in [6.07, 6.45) is 2.00. The first-order valence-electron chi connectivity index (χ1n) is 8.94. The molecule has 2 amide bonds. The normalized spacial score (nSPS) is 22.0. The minimum atomic E-state index is -3.90. The SMILES string of the molecule is CNCC1CCCN(C(=O)c2ccc3c(c2)S(=O)(=O)N(C(C)C)C3=O)C1. The maximum atomic E-state index is 12.9. The number of rotatable bonds is 4. The molecule has 1 fully saturated rings. The van der Waals surface area contributed by atoms with Crippen molar-refractivity contribution in [1.82, 2.24) is 14.5 Å². The molecule has 0 spiro atoms. The molecule has 0 saturated carbocycles. The molecular weight excluding hydrogens is 354 g/mol. The number of fused-ring (bicyclic) bond motifs is 1. The van der Waals surface area contributed by atoms with Crippen molar-refractivity contribution in [3.8, 4) is 0 Å². The van der Waals surface area contributed by atoms with E-state index in [2.05, 4.69) is 5.32 Å². The maximum Gasteiger partial charge on any atom is 0.269 e. The molecule has 1 aromatic rings. The van der Waals surface area contributed by atoms with Gasteiger partial charge >= 0.3 is 0 Å². The number of likely N-dealkylation sites (tertiary alicyclic amines) is 1. The highest BCUT2D eigenvalue weighted by Crippen LogP contribution is 2.33. The Hall–Kier alpha value is -1.93. The summed E-state index contributed by atoms with van der Waals surface area (Å²) in [6, 6.07) is 3.90. The van der Waals surface area contributed by atoms with Gasteiger partial charge in [-0.3, -0.25) is 9.59 Å². The predicted molar refractivity (Wildman–Crippen MR) is 97.5 cm³/mol. The fourth-order valence-corrected chi connectivity index (χ4v) is 5.57. The second-order valence-electron chi connectivity index (χ2n) is 7.23. The number of amides is 2. The van der Waals surface area contributed by atoms with E-state index in [4.69, 9.17) is 0 Å². The van der Waals surface area contributed by atoms with E-state index < -0.39 is 22.0 Å². The Balaban J connectivity index is 1.90. The van der Waals surface area contributed by atoms with Crippen LogP contribution in [0.1, 0.15) is 47.4 Å². The molecule has 2 aliphatic heterocycles. The van der Waals surface area contributed by atoms with E-state index in [9.17, 15) is 18.0 Å². The van der Waals surface area contributed by atoms with Gasteiger partial charge in [0.25, 0.3) is 21.8 Å². The lowest BCUT2D eigenvalue weighted by Crippen LogP contribution is -2.42. The lowest BCUT2D eigenvalue weighted by molar-refractivity contribution is 0.0673. The first kappa shape index (κ1) is 18.8. The van der Waals surface area contributed by atoms with Crippen molar-refractivity contribution in [3.63, 3.8) is 0 Å². The van der Waals surface area contributed by atoms with Gasteiger partial charge in [-0.05, 0) is 64.4 Å². The average molecular weight is 379 g/mol. The zero-order valence-electron chi connectivity index (χ0n) is 15.4. The van der Waals surface area contributed by atoms with E-state index in [1.807, 2.05) is 7.05 Å². The van der Waals surface area contributed by atoms with Crippen LogP contribution in [0.15, 0.2) is 23.1 Å². The number of nitrogens with one attached hydrogen (secondary N) is 1. The molecular formula is C18H25N3O4S. The smallest absolute Gasteiger partial charge is 0.269 e. The number of hydrogen-bond donors (Lipinski definition) is 1. The summed E-state index contributed by atoms with van der Waals surface area (Å²) >= 11 is 0. The summed E-state index contributed by atoms with van der Waals surface area (Å²) in [5.41, 5.74) is 0.456. The third kappa shape index (κ3) is 3.12. The van der Waals surface area contributed by atoms with Crippen LogP contribution >= 0.6 is 0 Å². The Kier molecular flexibility index (Phi) is 5.07. The Morgan fingerprint density at radius 3 is 2.73 bits per heavy atom. The number of carbonyl (C=O) groups is 2. The molecule has 0 radical (unpaired) electrons. The second-order valence-corrected chi connectivity index (χ2v) is 9.01. The van der Waals surface area contributed by atoms with Gasteiger partial charge < -0.3 is 10.2 Å². The molecule has 0 aromatic heterocycles. The van der Waals surface area contributed by atoms with Gasteiger partial charge in [0.05, 0.1) is 5.56 Å². The number of nitrogens with zero attached hydrogens (tertiary/aromatic N) is 2. The molecule has 0 bridgehead atoms. The summed E-state index contributed by atoms with van der Waals surface area (Å²) in [7, 11) is -2.01. The Morgan fingerprint density at radius 2 is 2.08 bits per heavy atom. The number of carbonyl (C=O) groups excluding carboxylic acids is 2. The first-order chi connectivity index (χ1) is 12.3. The highest BCUT2D eigenvalue weighted by atomic mass is 32.2. The van der Waals surface area contributed by atoms with Crippen molar-refractivity contribution in [3.05, 3.63) is 29.3 Å². The zero-order valence-corrected chi connectivity index (χ0v) is 16.2. The fraction of sp³-hybridized carbons (Fsp3) is 0.556. The summed E-state index contributed by atoms with van der Waals surface area (Å²) in [5, 5.41) is 3.14. The molecule has 1 saturated heterocycles. The maximum absolute atomic E-state index is 12.9. The van der Waals surface area contributed by atoms with Gasteiger partial charge in [0, 0.05) is 24.7 Å². The van der Waals surface area contributed by atoms with E-state index in [0.29, 0.717) is 24.6 Å². The Labute approximate surface area is 154 Å². The second kappa shape index (κ2) is 7.00. The molecule has 0 aliphatic carbocycles. The largest absolute Gasteiger partial charge is 0.338 e. The van der Waals surface area contributed by atoms with Crippen molar-refractivity contribution in [2.45, 2.75) is 37.6 Å². The van der Waals surface area contributed by atoms with Crippen molar-refractivity contribution >= 4 is 21.8 Å². The quantitative estimate of drug-likeness (QED) is 0.852. The number of benzene rings is 1. The molecule has 1 N–H and O–H groups in total. The predicted octanol–water partition coefficient (Wildman–Crippen LogP) is 1.31. The summed E-state index contributed by atoms with van der Waals surface area (Å²) in [5.74, 6) is -0.311. The Bertz CT molecular complexity index is 833. The molecule has 3 rings (SSSR count). The van der Waals surface area contributed by atoms with Crippen LogP contribution in [0, 0.1) is 5.92 Å². The van der Waals surface area contributed by atoms with Crippen LogP contribution in [0.5, 0.6) is 0 Å². The van der Waals surface area contributed by atoms with Crippen LogP contribution in [0.25, 0.3) is 0 Å². The van der Waals surface area contributed by atoms with Crippen molar-refractivity contribution in [2.24, 2.45) is 5.92 Å². The molecule has 26 heavy (non-hydrogen) atoms. The van der Waals surface area contributed by atoms with Gasteiger partial charge in [-0.15, -0.1) is 0 Å². The number of sulfonamides is 1. The standard InChI is InChI=1S/C18H25N3O4S/c1-12(2)21-18(23)15-7-6-14(9-16(15)26(21,24)25)17(22)20-8-4-5-13(11-20)10-19-3/h6-7,9,12-13,19H,4-5,8,10-11H2,1-3H3. The van der Waals surface area contributed by atoms with E-state index in [0.717, 1.165) is 23.7 Å². The molecule has 1 atom stereocenters. The van der Waals surface area contributed by atoms with E-state index in [-0.39, 0.29) is 16.4 Å². The molecule has 1 unspecified atom stereocenters. The van der Waals surface area contributed by atoms with E-state index >= 15 is 0 Å². The zero-order chi connectivity index (χ0) is 19.1. The van der Waals surface area contributed by atoms with Crippen molar-refractivity contribution < 1.29 is 18.0 Å². The van der Waals surface area contributed by atoms with Gasteiger partial charge in [-0.2, -0.15) is 0 Å². The molecule has 2 heterocycles. The molecule has 142 valence electrons. The van der Waals surface area contributed by atoms with Crippen LogP contribution in [0.3, 0.4) is 0 Å². The van der Waals surface area contributed by atoms with Gasteiger partial charge in [-0.1, -0.05) is 0 Å². The fourth-order valence-electron chi connectivity index (χ4n) is 3.78. The third-order valence-electron chi connectivity index (χ3n) is 4.96. The van der Waals surface area contributed by atoms with Crippen LogP contribution in [0.4, 0.5) is 0 Å². The van der Waals surface area contributed by atoms with E-state index in [1.54, 1.807) is 24.8 Å².